The molecule has 0 aliphatic rings. The molecule has 2 rings (SSSR count). The van der Waals surface area contributed by atoms with Gasteiger partial charge in [0, 0.05) is 26.5 Å². The summed E-state index contributed by atoms with van der Waals surface area (Å²) in [5.41, 5.74) is 7.40. The average molecular weight is 299 g/mol. The largest absolute Gasteiger partial charge is 0.382 e. The van der Waals surface area contributed by atoms with E-state index < -0.39 is 0 Å². The van der Waals surface area contributed by atoms with E-state index in [0.29, 0.717) is 24.2 Å². The molecule has 0 saturated heterocycles. The number of halogens is 1. The molecule has 0 amide bonds. The molecule has 20 heavy (non-hydrogen) atoms. The second-order valence-corrected chi connectivity index (χ2v) is 4.87. The predicted octanol–water partition coefficient (Wildman–Crippen LogP) is 2.11. The second-order valence-electron chi connectivity index (χ2n) is 4.43. The molecule has 2 aromatic rings. The third-order valence-electron chi connectivity index (χ3n) is 2.93. The van der Waals surface area contributed by atoms with Crippen molar-refractivity contribution in [1.29, 1.82) is 0 Å². The molecular formula is C13H19ClN4O2. The number of anilines is 1. The summed E-state index contributed by atoms with van der Waals surface area (Å²) in [6.07, 6.45) is 3.51. The molecule has 2 heterocycles. The van der Waals surface area contributed by atoms with E-state index in [9.17, 15) is 0 Å². The van der Waals surface area contributed by atoms with Crippen LogP contribution in [0.1, 0.15) is 12.8 Å². The van der Waals surface area contributed by atoms with Crippen molar-refractivity contribution < 1.29 is 9.47 Å². The topological polar surface area (TPSA) is 75.2 Å². The van der Waals surface area contributed by atoms with Crippen LogP contribution in [0.5, 0.6) is 0 Å². The Bertz CT molecular complexity index is 559. The van der Waals surface area contributed by atoms with E-state index in [4.69, 9.17) is 26.8 Å². The minimum Gasteiger partial charge on any atom is -0.382 e. The summed E-state index contributed by atoms with van der Waals surface area (Å²) < 4.78 is 12.2. The van der Waals surface area contributed by atoms with Crippen LogP contribution in [0, 0.1) is 0 Å². The lowest BCUT2D eigenvalue weighted by Gasteiger charge is -2.06. The Balaban J connectivity index is 1.85. The van der Waals surface area contributed by atoms with Crippen LogP contribution in [0.25, 0.3) is 11.2 Å². The number of aryl methyl sites for hydroxylation is 1. The Morgan fingerprint density at radius 3 is 2.95 bits per heavy atom. The molecule has 2 aromatic heterocycles. The number of ether oxygens (including phenoxy) is 2. The number of nitrogens with two attached hydrogens (primary N) is 1. The lowest BCUT2D eigenvalue weighted by molar-refractivity contribution is 0.0684. The Morgan fingerprint density at radius 2 is 2.15 bits per heavy atom. The maximum Gasteiger partial charge on any atom is 0.202 e. The second kappa shape index (κ2) is 7.42. The highest BCUT2D eigenvalue weighted by Gasteiger charge is 2.09. The lowest BCUT2D eigenvalue weighted by atomic mass is 10.3. The summed E-state index contributed by atoms with van der Waals surface area (Å²) >= 11 is 5.89. The molecule has 0 bridgehead atoms. The molecule has 0 aromatic carbocycles. The van der Waals surface area contributed by atoms with Crippen molar-refractivity contribution in [3.8, 4) is 0 Å². The van der Waals surface area contributed by atoms with Crippen LogP contribution in [-0.2, 0) is 16.0 Å². The Labute approximate surface area is 122 Å². The first-order valence-corrected chi connectivity index (χ1v) is 6.94. The molecule has 7 heteroatoms. The highest BCUT2D eigenvalue weighted by atomic mass is 35.5. The Kier molecular flexibility index (Phi) is 5.58. The van der Waals surface area contributed by atoms with E-state index in [1.807, 2.05) is 4.57 Å². The number of methoxy groups -OCH3 is 1. The van der Waals surface area contributed by atoms with Crippen LogP contribution >= 0.6 is 11.6 Å². The van der Waals surface area contributed by atoms with Crippen molar-refractivity contribution in [1.82, 2.24) is 14.5 Å². The first kappa shape index (κ1) is 15.0. The summed E-state index contributed by atoms with van der Waals surface area (Å²) in [6, 6.07) is 1.77. The SMILES string of the molecule is COCCOCCCCn1c(N)nc2cc(Cl)cnc21. The number of pyridine rings is 1. The van der Waals surface area contributed by atoms with Crippen molar-refractivity contribution in [2.45, 2.75) is 19.4 Å². The number of imidazole rings is 1. The van der Waals surface area contributed by atoms with Gasteiger partial charge in [-0.3, -0.25) is 4.57 Å². The molecule has 0 spiro atoms. The number of hydrogen-bond acceptors (Lipinski definition) is 5. The quantitative estimate of drug-likeness (QED) is 0.755. The van der Waals surface area contributed by atoms with Gasteiger partial charge in [0.05, 0.1) is 18.2 Å². The molecule has 110 valence electrons. The summed E-state index contributed by atoms with van der Waals surface area (Å²) in [5, 5.41) is 0.564. The molecule has 0 saturated carbocycles. The lowest BCUT2D eigenvalue weighted by Crippen LogP contribution is -2.07. The zero-order valence-electron chi connectivity index (χ0n) is 11.5. The molecule has 0 unspecified atom stereocenters. The first-order chi connectivity index (χ1) is 9.72. The molecule has 0 radical (unpaired) electrons. The summed E-state index contributed by atoms with van der Waals surface area (Å²) in [6.45, 7) is 2.75. The predicted molar refractivity (Wildman–Crippen MR) is 78.9 cm³/mol. The maximum atomic E-state index is 5.90. The van der Waals surface area contributed by atoms with Gasteiger partial charge >= 0.3 is 0 Å². The number of nitrogens with zero attached hydrogens (tertiary/aromatic N) is 3. The van der Waals surface area contributed by atoms with Crippen LogP contribution < -0.4 is 5.73 Å². The van der Waals surface area contributed by atoms with Gasteiger partial charge in [-0.15, -0.1) is 0 Å². The van der Waals surface area contributed by atoms with Crippen molar-refractivity contribution in [2.24, 2.45) is 0 Å². The van der Waals surface area contributed by atoms with Gasteiger partial charge in [-0.05, 0) is 18.9 Å². The van der Waals surface area contributed by atoms with Crippen LogP contribution in [0.15, 0.2) is 12.3 Å². The van der Waals surface area contributed by atoms with E-state index in [2.05, 4.69) is 9.97 Å². The summed E-state index contributed by atoms with van der Waals surface area (Å²) in [5.74, 6) is 0.468. The third kappa shape index (κ3) is 3.82. The molecule has 2 N–H and O–H groups in total. The number of rotatable bonds is 8. The van der Waals surface area contributed by atoms with Crippen LogP contribution in [0.4, 0.5) is 5.95 Å². The number of unbranched alkanes of at least 4 members (excludes halogenated alkanes) is 1. The monoisotopic (exact) mass is 298 g/mol. The standard InChI is InChI=1S/C13H19ClN4O2/c1-19-6-7-20-5-3-2-4-18-12-11(17-13(18)15)8-10(14)9-16-12/h8-9H,2-7H2,1H3,(H2,15,17). The van der Waals surface area contributed by atoms with E-state index in [-0.39, 0.29) is 0 Å². The minimum atomic E-state index is 0.468. The highest BCUT2D eigenvalue weighted by molar-refractivity contribution is 6.31. The third-order valence-corrected chi connectivity index (χ3v) is 3.14. The summed E-state index contributed by atoms with van der Waals surface area (Å²) in [4.78, 5) is 8.54. The molecule has 0 fully saturated rings. The molecule has 0 aliphatic heterocycles. The first-order valence-electron chi connectivity index (χ1n) is 6.56. The highest BCUT2D eigenvalue weighted by Crippen LogP contribution is 2.19. The number of aromatic nitrogens is 3. The maximum absolute atomic E-state index is 5.90. The van der Waals surface area contributed by atoms with Crippen molar-refractivity contribution >= 4 is 28.7 Å². The van der Waals surface area contributed by atoms with E-state index in [1.54, 1.807) is 19.4 Å². The fourth-order valence-electron chi connectivity index (χ4n) is 1.94. The normalized spacial score (nSPS) is 11.3. The van der Waals surface area contributed by atoms with Crippen LogP contribution in [0.2, 0.25) is 5.02 Å². The van der Waals surface area contributed by atoms with E-state index >= 15 is 0 Å². The van der Waals surface area contributed by atoms with E-state index in [1.165, 1.54) is 0 Å². The fourth-order valence-corrected chi connectivity index (χ4v) is 2.09. The van der Waals surface area contributed by atoms with Crippen molar-refractivity contribution in [3.63, 3.8) is 0 Å². The number of nitrogen functional groups attached to an aromatic ring is 1. The molecule has 0 atom stereocenters. The number of hydrogen-bond donors (Lipinski definition) is 1. The number of fused-ring (bicyclic) bond motifs is 1. The van der Waals surface area contributed by atoms with Gasteiger partial charge in [0.1, 0.15) is 5.52 Å². The minimum absolute atomic E-state index is 0.468. The smallest absolute Gasteiger partial charge is 0.202 e. The van der Waals surface area contributed by atoms with Gasteiger partial charge in [0.2, 0.25) is 5.95 Å². The average Bonchev–Trinajstić information content (AvgIpc) is 2.73. The van der Waals surface area contributed by atoms with Gasteiger partial charge < -0.3 is 15.2 Å². The molecular weight excluding hydrogens is 280 g/mol. The van der Waals surface area contributed by atoms with Gasteiger partial charge in [-0.25, -0.2) is 9.97 Å². The van der Waals surface area contributed by atoms with Gasteiger partial charge in [0.25, 0.3) is 0 Å². The zero-order chi connectivity index (χ0) is 14.4. The van der Waals surface area contributed by atoms with Gasteiger partial charge in [0.15, 0.2) is 5.65 Å². The Hall–Kier alpha value is -1.37. The van der Waals surface area contributed by atoms with Gasteiger partial charge in [-0.2, -0.15) is 0 Å². The fraction of sp³-hybridized carbons (Fsp3) is 0.538. The molecule has 0 aliphatic carbocycles. The van der Waals surface area contributed by atoms with Gasteiger partial charge in [-0.1, -0.05) is 11.6 Å². The zero-order valence-corrected chi connectivity index (χ0v) is 12.3. The van der Waals surface area contributed by atoms with Crippen molar-refractivity contribution in [3.05, 3.63) is 17.3 Å². The Morgan fingerprint density at radius 1 is 1.30 bits per heavy atom. The van der Waals surface area contributed by atoms with Crippen molar-refractivity contribution in [2.75, 3.05) is 32.7 Å². The molecule has 6 nitrogen and oxygen atoms in total. The summed E-state index contributed by atoms with van der Waals surface area (Å²) in [7, 11) is 1.66. The van der Waals surface area contributed by atoms with Crippen LogP contribution in [-0.4, -0.2) is 41.5 Å². The van der Waals surface area contributed by atoms with E-state index in [0.717, 1.165) is 37.2 Å². The van der Waals surface area contributed by atoms with Crippen LogP contribution in [0.3, 0.4) is 0 Å².